The average molecular weight is 400 g/mol. The molecule has 1 N–H and O–H groups in total. The molecule has 28 heavy (non-hydrogen) atoms. The maximum absolute atomic E-state index is 12.4. The third-order valence-corrected chi connectivity index (χ3v) is 6.57. The molecule has 4 rings (SSSR count). The van der Waals surface area contributed by atoms with Crippen molar-refractivity contribution in [3.63, 3.8) is 0 Å². The maximum Gasteiger partial charge on any atom is 0.230 e. The number of carbonyl (C=O) groups excluding carboxylic acids is 1. The van der Waals surface area contributed by atoms with Gasteiger partial charge in [-0.15, -0.1) is 10.2 Å². The lowest BCUT2D eigenvalue weighted by Crippen LogP contribution is -2.45. The summed E-state index contributed by atoms with van der Waals surface area (Å²) in [6.45, 7) is 7.17. The quantitative estimate of drug-likeness (QED) is 0.725. The summed E-state index contributed by atoms with van der Waals surface area (Å²) in [4.78, 5) is 15.0. The number of aryl methyl sites for hydroxylation is 1. The van der Waals surface area contributed by atoms with Gasteiger partial charge in [-0.25, -0.2) is 0 Å². The Morgan fingerprint density at radius 2 is 2.00 bits per heavy atom. The molecule has 2 aromatic rings. The van der Waals surface area contributed by atoms with E-state index in [9.17, 15) is 4.79 Å². The van der Waals surface area contributed by atoms with E-state index in [2.05, 4.69) is 57.0 Å². The largest absolute Gasteiger partial charge is 0.353 e. The zero-order valence-electron chi connectivity index (χ0n) is 16.7. The Balaban J connectivity index is 1.31. The summed E-state index contributed by atoms with van der Waals surface area (Å²) >= 11 is 1.47. The number of carbonyl (C=O) groups is 1. The zero-order valence-corrected chi connectivity index (χ0v) is 17.5. The Kier molecular flexibility index (Phi) is 6.01. The van der Waals surface area contributed by atoms with Gasteiger partial charge < -0.3 is 14.8 Å². The molecule has 0 atom stereocenters. The van der Waals surface area contributed by atoms with Crippen molar-refractivity contribution in [1.29, 1.82) is 0 Å². The van der Waals surface area contributed by atoms with Crippen LogP contribution in [0.4, 0.5) is 0 Å². The molecule has 7 heteroatoms. The first-order valence-corrected chi connectivity index (χ1v) is 11.3. The van der Waals surface area contributed by atoms with Crippen molar-refractivity contribution in [3.8, 4) is 11.4 Å². The van der Waals surface area contributed by atoms with Crippen LogP contribution in [0.1, 0.15) is 38.2 Å². The fraction of sp³-hybridized carbons (Fsp3) is 0.571. The molecule has 1 saturated heterocycles. The predicted octanol–water partition coefficient (Wildman–Crippen LogP) is 3.11. The highest BCUT2D eigenvalue weighted by Gasteiger charge is 2.32. The first-order valence-electron chi connectivity index (χ1n) is 10.3. The minimum atomic E-state index is 0.0950. The third-order valence-electron chi connectivity index (χ3n) is 5.60. The van der Waals surface area contributed by atoms with Crippen LogP contribution >= 0.6 is 11.8 Å². The van der Waals surface area contributed by atoms with E-state index in [0.29, 0.717) is 11.8 Å². The molecular weight excluding hydrogens is 370 g/mol. The Bertz CT molecular complexity index is 824. The topological polar surface area (TPSA) is 63.1 Å². The highest BCUT2D eigenvalue weighted by Crippen LogP contribution is 2.29. The third kappa shape index (κ3) is 4.58. The smallest absolute Gasteiger partial charge is 0.230 e. The lowest BCUT2D eigenvalue weighted by Gasteiger charge is -2.32. The highest BCUT2D eigenvalue weighted by molar-refractivity contribution is 7.99. The summed E-state index contributed by atoms with van der Waals surface area (Å²) in [5, 5.41) is 12.7. The van der Waals surface area contributed by atoms with Gasteiger partial charge >= 0.3 is 0 Å². The van der Waals surface area contributed by atoms with Gasteiger partial charge in [-0.2, -0.15) is 0 Å². The molecule has 2 heterocycles. The average Bonchev–Trinajstić information content (AvgIpc) is 3.46. The van der Waals surface area contributed by atoms with Crippen molar-refractivity contribution in [2.75, 3.05) is 18.8 Å². The number of likely N-dealkylation sites (tertiary alicyclic amines) is 1. The fourth-order valence-electron chi connectivity index (χ4n) is 3.93. The molecular formula is C21H29N5OS. The Morgan fingerprint density at radius 3 is 2.68 bits per heavy atom. The number of aromatic nitrogens is 3. The van der Waals surface area contributed by atoms with Crippen LogP contribution < -0.4 is 5.32 Å². The molecule has 1 aliphatic carbocycles. The summed E-state index contributed by atoms with van der Waals surface area (Å²) in [5.74, 6) is 1.34. The van der Waals surface area contributed by atoms with Gasteiger partial charge in [-0.1, -0.05) is 35.5 Å². The number of piperidine rings is 1. The lowest BCUT2D eigenvalue weighted by molar-refractivity contribution is -0.119. The first kappa shape index (κ1) is 19.5. The summed E-state index contributed by atoms with van der Waals surface area (Å²) < 4.78 is 2.08. The van der Waals surface area contributed by atoms with E-state index in [1.165, 1.54) is 30.2 Å². The van der Waals surface area contributed by atoms with E-state index < -0.39 is 0 Å². The summed E-state index contributed by atoms with van der Waals surface area (Å²) in [6.07, 6.45) is 4.84. The summed E-state index contributed by atoms with van der Waals surface area (Å²) in [7, 11) is 0. The van der Waals surface area contributed by atoms with E-state index in [1.807, 2.05) is 6.07 Å². The van der Waals surface area contributed by atoms with Crippen molar-refractivity contribution in [2.24, 2.45) is 0 Å². The number of nitrogens with one attached hydrogen (secondary N) is 1. The number of nitrogens with zero attached hydrogens (tertiary/aromatic N) is 4. The van der Waals surface area contributed by atoms with Crippen LogP contribution in [0.2, 0.25) is 0 Å². The molecule has 6 nitrogen and oxygen atoms in total. The van der Waals surface area contributed by atoms with Crippen molar-refractivity contribution in [2.45, 2.75) is 63.3 Å². The monoisotopic (exact) mass is 399 g/mol. The SMILES string of the molecule is CCn1c(SCC(=O)NC2CCN(C3CC3)CC2)nnc1-c1cccc(C)c1. The van der Waals surface area contributed by atoms with Crippen LogP contribution in [0.25, 0.3) is 11.4 Å². The van der Waals surface area contributed by atoms with Gasteiger partial charge in [0.05, 0.1) is 5.75 Å². The van der Waals surface area contributed by atoms with Crippen LogP contribution in [-0.2, 0) is 11.3 Å². The predicted molar refractivity (Wildman–Crippen MR) is 112 cm³/mol. The van der Waals surface area contributed by atoms with Crippen molar-refractivity contribution in [1.82, 2.24) is 25.0 Å². The number of rotatable bonds is 7. The van der Waals surface area contributed by atoms with E-state index in [0.717, 1.165) is 55.1 Å². The second-order valence-electron chi connectivity index (χ2n) is 7.82. The number of thioether (sulfide) groups is 1. The second kappa shape index (κ2) is 8.66. The van der Waals surface area contributed by atoms with Crippen molar-refractivity contribution < 1.29 is 4.79 Å². The standard InChI is InChI=1S/C21H29N5OS/c1-3-26-20(16-6-4-5-15(2)13-16)23-24-21(26)28-14-19(27)22-17-9-11-25(12-10-17)18-7-8-18/h4-6,13,17-18H,3,7-12,14H2,1-2H3,(H,22,27). The van der Waals surface area contributed by atoms with Crippen LogP contribution in [0.3, 0.4) is 0 Å². The van der Waals surface area contributed by atoms with Crippen molar-refractivity contribution >= 4 is 17.7 Å². The number of hydrogen-bond acceptors (Lipinski definition) is 5. The van der Waals surface area contributed by atoms with Gasteiger partial charge in [0.2, 0.25) is 5.91 Å². The maximum atomic E-state index is 12.4. The van der Waals surface area contributed by atoms with Gasteiger partial charge in [0.15, 0.2) is 11.0 Å². The minimum Gasteiger partial charge on any atom is -0.353 e. The number of amides is 1. The molecule has 0 unspecified atom stereocenters. The minimum absolute atomic E-state index is 0.0950. The summed E-state index contributed by atoms with van der Waals surface area (Å²) in [5.41, 5.74) is 2.26. The van der Waals surface area contributed by atoms with Crippen molar-refractivity contribution in [3.05, 3.63) is 29.8 Å². The summed E-state index contributed by atoms with van der Waals surface area (Å²) in [6, 6.07) is 9.42. The van der Waals surface area contributed by atoms with Gasteiger partial charge in [-0.3, -0.25) is 4.79 Å². The molecule has 1 saturated carbocycles. The number of hydrogen-bond donors (Lipinski definition) is 1. The Labute approximate surface area is 171 Å². The molecule has 1 amide bonds. The van der Waals surface area contributed by atoms with Crippen LogP contribution in [0, 0.1) is 6.92 Å². The molecule has 1 aromatic carbocycles. The van der Waals surface area contributed by atoms with E-state index >= 15 is 0 Å². The van der Waals surface area contributed by atoms with Gasteiger partial charge in [-0.05, 0) is 45.6 Å². The Hall–Kier alpha value is -1.86. The molecule has 2 aliphatic rings. The van der Waals surface area contributed by atoms with Gasteiger partial charge in [0, 0.05) is 37.3 Å². The molecule has 0 bridgehead atoms. The zero-order chi connectivity index (χ0) is 19.5. The van der Waals surface area contributed by atoms with Crippen LogP contribution in [0.5, 0.6) is 0 Å². The van der Waals surface area contributed by atoms with Crippen LogP contribution in [-0.4, -0.2) is 56.5 Å². The number of benzene rings is 1. The molecule has 150 valence electrons. The fourth-order valence-corrected chi connectivity index (χ4v) is 4.74. The highest BCUT2D eigenvalue weighted by atomic mass is 32.2. The molecule has 1 aromatic heterocycles. The Morgan fingerprint density at radius 1 is 1.21 bits per heavy atom. The van der Waals surface area contributed by atoms with Gasteiger partial charge in [0.1, 0.15) is 0 Å². The van der Waals surface area contributed by atoms with Gasteiger partial charge in [0.25, 0.3) is 0 Å². The molecule has 1 aliphatic heterocycles. The van der Waals surface area contributed by atoms with E-state index in [4.69, 9.17) is 0 Å². The van der Waals surface area contributed by atoms with E-state index in [-0.39, 0.29) is 5.91 Å². The van der Waals surface area contributed by atoms with E-state index in [1.54, 1.807) is 0 Å². The molecule has 2 fully saturated rings. The normalized spacial score (nSPS) is 18.4. The second-order valence-corrected chi connectivity index (χ2v) is 8.76. The molecule has 0 radical (unpaired) electrons. The lowest BCUT2D eigenvalue weighted by atomic mass is 10.1. The molecule has 0 spiro atoms. The first-order chi connectivity index (χ1) is 13.6. The van der Waals surface area contributed by atoms with Crippen LogP contribution in [0.15, 0.2) is 29.4 Å².